The molecular weight excluding hydrogens is 544 g/mol. The molecule has 0 spiro atoms. The second-order valence-corrected chi connectivity index (χ2v) is 8.23. The number of carbonyl (C=O) groups excluding carboxylic acids is 4. The van der Waals surface area contributed by atoms with Crippen LogP contribution in [0.5, 0.6) is 23.0 Å². The van der Waals surface area contributed by atoms with E-state index < -0.39 is 24.0 Å². The third-order valence-corrected chi connectivity index (χ3v) is 5.43. The number of carbonyl (C=O) groups is 4. The molecule has 16 nitrogen and oxygen atoms in total. The number of hydrogen-bond acceptors (Lipinski definition) is 10. The molecule has 0 atom stereocenters. The summed E-state index contributed by atoms with van der Waals surface area (Å²) in [6.07, 6.45) is 3.08. The van der Waals surface area contributed by atoms with Crippen LogP contribution in [0.25, 0.3) is 0 Å². The summed E-state index contributed by atoms with van der Waals surface area (Å²) >= 11 is 0. The number of amides is 4. The fourth-order valence-corrected chi connectivity index (χ4v) is 3.53. The van der Waals surface area contributed by atoms with Gasteiger partial charge in [0, 0.05) is 24.3 Å². The van der Waals surface area contributed by atoms with Crippen molar-refractivity contribution in [3.05, 3.63) is 43.0 Å². The van der Waals surface area contributed by atoms with E-state index >= 15 is 0 Å². The number of phenols is 2. The molecule has 0 aliphatic carbocycles. The summed E-state index contributed by atoms with van der Waals surface area (Å²) in [5, 5.41) is 30.3. The molecule has 0 fully saturated rings. The highest BCUT2D eigenvalue weighted by atomic mass is 16.5. The van der Waals surface area contributed by atoms with E-state index in [9.17, 15) is 29.4 Å². The summed E-state index contributed by atoms with van der Waals surface area (Å²) in [6.45, 7) is -0.284. The number of hydrogen-bond donors (Lipinski definition) is 6. The number of aromatic hydroxyl groups is 2. The first-order valence-electron chi connectivity index (χ1n) is 11.7. The Kier molecular flexibility index (Phi) is 9.77. The van der Waals surface area contributed by atoms with Crippen LogP contribution in [-0.2, 0) is 32.2 Å². The molecule has 0 saturated carbocycles. The average molecular weight is 574 g/mol. The zero-order valence-corrected chi connectivity index (χ0v) is 22.5. The number of rotatable bonds is 10. The molecule has 1 aromatic heterocycles. The minimum atomic E-state index is -0.795. The summed E-state index contributed by atoms with van der Waals surface area (Å²) in [7, 11) is 5.05. The first-order valence-corrected chi connectivity index (χ1v) is 11.7. The van der Waals surface area contributed by atoms with Gasteiger partial charge in [0.25, 0.3) is 11.8 Å². The quantitative estimate of drug-likeness (QED) is 0.153. The number of anilines is 4. The summed E-state index contributed by atoms with van der Waals surface area (Å²) < 4.78 is 22.5. The molecule has 0 saturated heterocycles. The smallest absolute Gasteiger partial charge is 0.411 e. The summed E-state index contributed by atoms with van der Waals surface area (Å²) in [4.78, 5) is 48.2. The number of ether oxygens (including phenoxy) is 4. The largest absolute Gasteiger partial charge is 0.506 e. The second kappa shape index (κ2) is 13.4. The lowest BCUT2D eigenvalue weighted by atomic mass is 10.2. The Morgan fingerprint density at radius 2 is 1.22 bits per heavy atom. The molecule has 0 unspecified atom stereocenters. The number of methoxy groups -OCH3 is 4. The molecule has 0 radical (unpaired) electrons. The van der Waals surface area contributed by atoms with Crippen LogP contribution in [-0.4, -0.2) is 67.2 Å². The fraction of sp³-hybridized carbons (Fsp3) is 0.240. The van der Waals surface area contributed by atoms with Crippen molar-refractivity contribution in [2.24, 2.45) is 0 Å². The molecule has 0 bridgehead atoms. The van der Waals surface area contributed by atoms with Crippen LogP contribution in [0, 0.1) is 0 Å². The molecule has 16 heteroatoms. The maximum absolute atomic E-state index is 12.6. The van der Waals surface area contributed by atoms with E-state index in [1.165, 1.54) is 68.2 Å². The van der Waals surface area contributed by atoms with Crippen molar-refractivity contribution in [3.63, 3.8) is 0 Å². The first-order chi connectivity index (χ1) is 19.6. The van der Waals surface area contributed by atoms with E-state index in [0.717, 1.165) is 0 Å². The van der Waals surface area contributed by atoms with Crippen molar-refractivity contribution in [2.45, 2.75) is 13.1 Å². The van der Waals surface area contributed by atoms with Gasteiger partial charge in [0.15, 0.2) is 13.1 Å². The van der Waals surface area contributed by atoms with Gasteiger partial charge in [-0.2, -0.15) is 0 Å². The third-order valence-electron chi connectivity index (χ3n) is 5.43. The number of nitrogens with one attached hydrogen (secondary N) is 4. The maximum Gasteiger partial charge on any atom is 0.411 e. The number of benzene rings is 2. The lowest BCUT2D eigenvalue weighted by Crippen LogP contribution is -2.38. The molecule has 6 N–H and O–H groups in total. The Hall–Kier alpha value is -5.67. The number of aromatic nitrogens is 2. The molecule has 3 aromatic rings. The second-order valence-electron chi connectivity index (χ2n) is 8.23. The van der Waals surface area contributed by atoms with Crippen LogP contribution < -0.4 is 35.3 Å². The molecule has 41 heavy (non-hydrogen) atoms. The fourth-order valence-electron chi connectivity index (χ4n) is 3.53. The highest BCUT2D eigenvalue weighted by Crippen LogP contribution is 2.36. The van der Waals surface area contributed by atoms with Gasteiger partial charge < -0.3 is 39.8 Å². The van der Waals surface area contributed by atoms with Crippen LogP contribution in [0.3, 0.4) is 0 Å². The maximum atomic E-state index is 12.6. The minimum Gasteiger partial charge on any atom is -0.506 e. The van der Waals surface area contributed by atoms with E-state index in [-0.39, 0.29) is 58.8 Å². The Morgan fingerprint density at radius 3 is 1.68 bits per heavy atom. The van der Waals surface area contributed by atoms with Crippen molar-refractivity contribution >= 4 is 46.8 Å². The van der Waals surface area contributed by atoms with Gasteiger partial charge in [0.2, 0.25) is 6.33 Å². The predicted molar refractivity (Wildman–Crippen MR) is 143 cm³/mol. The monoisotopic (exact) mass is 573 g/mol. The van der Waals surface area contributed by atoms with Crippen LogP contribution >= 0.6 is 0 Å². The van der Waals surface area contributed by atoms with Gasteiger partial charge in [-0.15, -0.1) is 0 Å². The standard InChI is InChI=1S/C25H28N6O10/c1-38-20-9-14(28-24(36)40-3)18(32)7-16(20)26-22(34)11-30-5-6-31(13-30)12-23(35)27-17-8-19(33)15(10-21(17)39-2)29-25(37)41-4/h5-10,13H,11-12H2,1-4H3,(H5-,26,27,28,29,32,33,34,35,36,37)/p+1. The van der Waals surface area contributed by atoms with Crippen LogP contribution in [0.4, 0.5) is 32.3 Å². The van der Waals surface area contributed by atoms with Gasteiger partial charge in [0.1, 0.15) is 35.4 Å². The molecule has 1 heterocycles. The number of phenolic OH excluding ortho intramolecular Hbond substituents is 2. The van der Waals surface area contributed by atoms with E-state index in [0.29, 0.717) is 0 Å². The van der Waals surface area contributed by atoms with Crippen molar-refractivity contribution in [2.75, 3.05) is 49.7 Å². The highest BCUT2D eigenvalue weighted by Gasteiger charge is 2.19. The predicted octanol–water partition coefficient (Wildman–Crippen LogP) is 1.84. The third kappa shape index (κ3) is 7.92. The molecule has 3 rings (SSSR count). The zero-order chi connectivity index (χ0) is 30.1. The molecule has 0 aliphatic heterocycles. The van der Waals surface area contributed by atoms with Crippen molar-refractivity contribution in [1.82, 2.24) is 4.57 Å². The van der Waals surface area contributed by atoms with Crippen molar-refractivity contribution < 1.29 is 52.9 Å². The lowest BCUT2D eigenvalue weighted by molar-refractivity contribution is -0.683. The van der Waals surface area contributed by atoms with Crippen molar-refractivity contribution in [1.29, 1.82) is 0 Å². The van der Waals surface area contributed by atoms with Gasteiger partial charge >= 0.3 is 12.2 Å². The Bertz CT molecular complexity index is 1350. The molecule has 0 aliphatic rings. The van der Waals surface area contributed by atoms with Gasteiger partial charge in [-0.1, -0.05) is 0 Å². The summed E-state index contributed by atoms with van der Waals surface area (Å²) in [5.74, 6) is -1.23. The van der Waals surface area contributed by atoms with Crippen molar-refractivity contribution in [3.8, 4) is 23.0 Å². The minimum absolute atomic E-state index is 0.0260. The van der Waals surface area contributed by atoms with Crippen LogP contribution in [0.1, 0.15) is 0 Å². The molecular formula is C25H29N6O10+. The Morgan fingerprint density at radius 1 is 0.732 bits per heavy atom. The number of nitrogens with zero attached hydrogens (tertiary/aromatic N) is 2. The Balaban J connectivity index is 1.62. The zero-order valence-electron chi connectivity index (χ0n) is 22.5. The summed E-state index contributed by atoms with van der Waals surface area (Å²) in [6, 6.07) is 5.07. The first kappa shape index (κ1) is 29.9. The van der Waals surface area contributed by atoms with Crippen LogP contribution in [0.2, 0.25) is 0 Å². The molecule has 218 valence electrons. The lowest BCUT2D eigenvalue weighted by Gasteiger charge is -2.13. The Labute approximate surface area is 233 Å². The van der Waals surface area contributed by atoms with Gasteiger partial charge in [-0.25, -0.2) is 18.7 Å². The average Bonchev–Trinajstić information content (AvgIpc) is 3.37. The van der Waals surface area contributed by atoms with Gasteiger partial charge in [-0.3, -0.25) is 20.2 Å². The van der Waals surface area contributed by atoms with E-state index in [1.807, 2.05) is 0 Å². The van der Waals surface area contributed by atoms with Crippen LogP contribution in [0.15, 0.2) is 43.0 Å². The topological polar surface area (TPSA) is 203 Å². The van der Waals surface area contributed by atoms with E-state index in [4.69, 9.17) is 9.47 Å². The normalized spacial score (nSPS) is 10.2. The van der Waals surface area contributed by atoms with Gasteiger partial charge in [0.05, 0.1) is 51.2 Å². The van der Waals surface area contributed by atoms with E-state index in [2.05, 4.69) is 30.7 Å². The van der Waals surface area contributed by atoms with E-state index in [1.54, 1.807) is 12.4 Å². The molecule has 2 aromatic carbocycles. The SMILES string of the molecule is COC(=O)Nc1cc(OC)c(NC(=O)Cn2cc[n+](CC(=O)Nc3cc(O)c(NC(=O)OC)cc3OC)c2)cc1O. The number of imidazole rings is 1. The molecule has 4 amide bonds. The highest BCUT2D eigenvalue weighted by molar-refractivity contribution is 5.95. The van der Waals surface area contributed by atoms with Gasteiger partial charge in [-0.05, 0) is 0 Å². The summed E-state index contributed by atoms with van der Waals surface area (Å²) in [5.41, 5.74) is 0.376.